The number of likely N-dealkylation sites (N-methyl/N-ethyl adjacent to an activating group) is 1. The van der Waals surface area contributed by atoms with Crippen LogP contribution in [0.5, 0.6) is 0 Å². The molecule has 18 heavy (non-hydrogen) atoms. The molecule has 0 bridgehead atoms. The lowest BCUT2D eigenvalue weighted by molar-refractivity contribution is 0.243. The van der Waals surface area contributed by atoms with Crippen LogP contribution < -0.4 is 5.73 Å². The minimum atomic E-state index is 0.864. The molecule has 3 nitrogen and oxygen atoms in total. The molecule has 1 aromatic carbocycles. The molecule has 0 atom stereocenters. The van der Waals surface area contributed by atoms with Crippen LogP contribution in [0.4, 0.5) is 5.69 Å². The average Bonchev–Trinajstić information content (AvgIpc) is 2.32. The zero-order valence-electron chi connectivity index (χ0n) is 12.0. The first kappa shape index (κ1) is 15.0. The number of rotatable bonds is 8. The monoisotopic (exact) mass is 249 g/mol. The minimum absolute atomic E-state index is 0.864. The number of nitrogen functional groups attached to an aromatic ring is 1. The first-order valence-electron chi connectivity index (χ1n) is 6.83. The van der Waals surface area contributed by atoms with E-state index in [1.807, 2.05) is 12.1 Å². The van der Waals surface area contributed by atoms with Gasteiger partial charge in [-0.25, -0.2) is 0 Å². The van der Waals surface area contributed by atoms with Crippen molar-refractivity contribution in [2.24, 2.45) is 0 Å². The second kappa shape index (κ2) is 8.11. The van der Waals surface area contributed by atoms with E-state index in [2.05, 4.69) is 43.0 Å². The summed E-state index contributed by atoms with van der Waals surface area (Å²) in [4.78, 5) is 4.77. The van der Waals surface area contributed by atoms with E-state index in [9.17, 15) is 0 Å². The normalized spacial score (nSPS) is 11.4. The number of benzene rings is 1. The SMILES string of the molecule is CCCN(CCc1cccc(N)c1)CCN(C)C. The van der Waals surface area contributed by atoms with Gasteiger partial charge in [-0.05, 0) is 51.2 Å². The second-order valence-electron chi connectivity index (χ2n) is 5.14. The number of hydrogen-bond donors (Lipinski definition) is 1. The van der Waals surface area contributed by atoms with Gasteiger partial charge in [0.15, 0.2) is 0 Å². The zero-order chi connectivity index (χ0) is 13.4. The van der Waals surface area contributed by atoms with Crippen molar-refractivity contribution in [3.05, 3.63) is 29.8 Å². The van der Waals surface area contributed by atoms with Gasteiger partial charge >= 0.3 is 0 Å². The predicted molar refractivity (Wildman–Crippen MR) is 79.8 cm³/mol. The molecule has 2 N–H and O–H groups in total. The van der Waals surface area contributed by atoms with E-state index in [1.165, 1.54) is 18.5 Å². The van der Waals surface area contributed by atoms with Crippen LogP contribution >= 0.6 is 0 Å². The highest BCUT2D eigenvalue weighted by molar-refractivity contribution is 5.40. The third-order valence-electron chi connectivity index (χ3n) is 3.07. The van der Waals surface area contributed by atoms with E-state index in [1.54, 1.807) is 0 Å². The Morgan fingerprint density at radius 2 is 1.83 bits per heavy atom. The van der Waals surface area contributed by atoms with Gasteiger partial charge in [0.05, 0.1) is 0 Å². The van der Waals surface area contributed by atoms with E-state index in [0.29, 0.717) is 0 Å². The van der Waals surface area contributed by atoms with Gasteiger partial charge < -0.3 is 15.5 Å². The molecule has 1 aromatic rings. The minimum Gasteiger partial charge on any atom is -0.399 e. The fourth-order valence-electron chi connectivity index (χ4n) is 2.03. The Morgan fingerprint density at radius 3 is 2.44 bits per heavy atom. The van der Waals surface area contributed by atoms with Crippen molar-refractivity contribution in [2.75, 3.05) is 46.0 Å². The Labute approximate surface area is 112 Å². The van der Waals surface area contributed by atoms with Gasteiger partial charge in [-0.15, -0.1) is 0 Å². The van der Waals surface area contributed by atoms with Gasteiger partial charge in [-0.2, -0.15) is 0 Å². The Bertz CT molecular complexity index is 336. The van der Waals surface area contributed by atoms with Gasteiger partial charge in [0, 0.05) is 25.3 Å². The smallest absolute Gasteiger partial charge is 0.0316 e. The Morgan fingerprint density at radius 1 is 1.06 bits per heavy atom. The maximum Gasteiger partial charge on any atom is 0.0316 e. The fraction of sp³-hybridized carbons (Fsp3) is 0.600. The van der Waals surface area contributed by atoms with E-state index >= 15 is 0 Å². The summed E-state index contributed by atoms with van der Waals surface area (Å²) in [7, 11) is 4.25. The van der Waals surface area contributed by atoms with Gasteiger partial charge in [0.25, 0.3) is 0 Å². The molecule has 0 unspecified atom stereocenters. The third-order valence-corrected chi connectivity index (χ3v) is 3.07. The Kier molecular flexibility index (Phi) is 6.76. The van der Waals surface area contributed by atoms with Crippen LogP contribution in [-0.2, 0) is 6.42 Å². The summed E-state index contributed by atoms with van der Waals surface area (Å²) in [5, 5.41) is 0. The van der Waals surface area contributed by atoms with Crippen molar-refractivity contribution >= 4 is 5.69 Å². The Balaban J connectivity index is 2.41. The molecule has 102 valence electrons. The van der Waals surface area contributed by atoms with Gasteiger partial charge in [-0.1, -0.05) is 19.1 Å². The van der Waals surface area contributed by atoms with Crippen molar-refractivity contribution in [1.82, 2.24) is 9.80 Å². The number of nitrogens with zero attached hydrogens (tertiary/aromatic N) is 2. The van der Waals surface area contributed by atoms with Crippen LogP contribution in [0.1, 0.15) is 18.9 Å². The number of nitrogens with two attached hydrogens (primary N) is 1. The standard InChI is InChI=1S/C15H27N3/c1-4-9-18(12-11-17(2)3)10-8-14-6-5-7-15(16)13-14/h5-7,13H,4,8-12,16H2,1-3H3. The lowest BCUT2D eigenvalue weighted by Gasteiger charge is -2.23. The van der Waals surface area contributed by atoms with E-state index in [-0.39, 0.29) is 0 Å². The highest BCUT2D eigenvalue weighted by Crippen LogP contribution is 2.08. The molecule has 1 rings (SSSR count). The highest BCUT2D eigenvalue weighted by Gasteiger charge is 2.05. The summed E-state index contributed by atoms with van der Waals surface area (Å²) < 4.78 is 0. The lowest BCUT2D eigenvalue weighted by Crippen LogP contribution is -2.33. The van der Waals surface area contributed by atoms with Crippen LogP contribution in [0.15, 0.2) is 24.3 Å². The molecule has 0 saturated carbocycles. The quantitative estimate of drug-likeness (QED) is 0.716. The van der Waals surface area contributed by atoms with Gasteiger partial charge in [-0.3, -0.25) is 0 Å². The third kappa shape index (κ3) is 6.03. The van der Waals surface area contributed by atoms with E-state index < -0.39 is 0 Å². The van der Waals surface area contributed by atoms with Crippen LogP contribution in [0, 0.1) is 0 Å². The van der Waals surface area contributed by atoms with Crippen LogP contribution in [0.25, 0.3) is 0 Å². The van der Waals surface area contributed by atoms with Crippen LogP contribution in [-0.4, -0.2) is 50.1 Å². The summed E-state index contributed by atoms with van der Waals surface area (Å²) in [6.07, 6.45) is 2.29. The average molecular weight is 249 g/mol. The molecule has 0 aromatic heterocycles. The first-order chi connectivity index (χ1) is 8.61. The van der Waals surface area contributed by atoms with Crippen LogP contribution in [0.2, 0.25) is 0 Å². The molecule has 0 spiro atoms. The zero-order valence-corrected chi connectivity index (χ0v) is 12.0. The molecular weight excluding hydrogens is 222 g/mol. The Hall–Kier alpha value is -1.06. The van der Waals surface area contributed by atoms with E-state index in [0.717, 1.165) is 31.7 Å². The molecule has 0 amide bonds. The maximum atomic E-state index is 5.80. The van der Waals surface area contributed by atoms with Crippen LogP contribution in [0.3, 0.4) is 0 Å². The summed E-state index contributed by atoms with van der Waals surface area (Å²) in [5.74, 6) is 0. The van der Waals surface area contributed by atoms with Gasteiger partial charge in [0.2, 0.25) is 0 Å². The van der Waals surface area contributed by atoms with Crippen molar-refractivity contribution in [1.29, 1.82) is 0 Å². The molecule has 0 radical (unpaired) electrons. The molecule has 0 aliphatic rings. The number of hydrogen-bond acceptors (Lipinski definition) is 3. The summed E-state index contributed by atoms with van der Waals surface area (Å²) in [5.41, 5.74) is 8.00. The second-order valence-corrected chi connectivity index (χ2v) is 5.14. The van der Waals surface area contributed by atoms with Crippen molar-refractivity contribution < 1.29 is 0 Å². The fourth-order valence-corrected chi connectivity index (χ4v) is 2.03. The molecule has 0 heterocycles. The lowest BCUT2D eigenvalue weighted by atomic mass is 10.1. The molecule has 0 fully saturated rings. The van der Waals surface area contributed by atoms with Crippen molar-refractivity contribution in [3.63, 3.8) is 0 Å². The number of anilines is 1. The molecule has 0 aliphatic heterocycles. The maximum absolute atomic E-state index is 5.80. The highest BCUT2D eigenvalue weighted by atomic mass is 15.2. The summed E-state index contributed by atoms with van der Waals surface area (Å²) in [6, 6.07) is 8.22. The largest absolute Gasteiger partial charge is 0.399 e. The van der Waals surface area contributed by atoms with Crippen molar-refractivity contribution in [2.45, 2.75) is 19.8 Å². The van der Waals surface area contributed by atoms with E-state index in [4.69, 9.17) is 5.73 Å². The predicted octanol–water partition coefficient (Wildman–Crippen LogP) is 2.08. The summed E-state index contributed by atoms with van der Waals surface area (Å²) >= 11 is 0. The first-order valence-corrected chi connectivity index (χ1v) is 6.83. The molecule has 0 saturated heterocycles. The van der Waals surface area contributed by atoms with Crippen molar-refractivity contribution in [3.8, 4) is 0 Å². The molecular formula is C15H27N3. The molecule has 0 aliphatic carbocycles. The van der Waals surface area contributed by atoms with Gasteiger partial charge in [0.1, 0.15) is 0 Å². The topological polar surface area (TPSA) is 32.5 Å². The molecule has 3 heteroatoms. The summed E-state index contributed by atoms with van der Waals surface area (Å²) in [6.45, 7) is 6.80.